The maximum Gasteiger partial charge on any atom is 0.322 e. The number of amides is 2. The van der Waals surface area contributed by atoms with Crippen LogP contribution in [-0.4, -0.2) is 66.1 Å². The molecule has 2 aliphatic rings. The van der Waals surface area contributed by atoms with E-state index in [2.05, 4.69) is 43.7 Å². The number of aryl methyl sites for hydroxylation is 2. The van der Waals surface area contributed by atoms with Crippen molar-refractivity contribution in [1.82, 2.24) is 19.8 Å². The number of carbonyl (C=O) groups excluding carboxylic acids is 1. The first kappa shape index (κ1) is 21.5. The fraction of sp³-hybridized carbons (Fsp3) is 0.400. The van der Waals surface area contributed by atoms with Crippen molar-refractivity contribution in [1.29, 1.82) is 0 Å². The second-order valence-electron chi connectivity index (χ2n) is 9.04. The lowest BCUT2D eigenvalue weighted by Gasteiger charge is -2.21. The first-order valence-electron chi connectivity index (χ1n) is 11.5. The highest BCUT2D eigenvalue weighted by Crippen LogP contribution is 2.34. The van der Waals surface area contributed by atoms with Crippen LogP contribution >= 0.6 is 0 Å². The molecule has 0 saturated carbocycles. The average molecular weight is 447 g/mol. The fourth-order valence-corrected chi connectivity index (χ4v) is 4.78. The van der Waals surface area contributed by atoms with Gasteiger partial charge >= 0.3 is 6.03 Å². The normalized spacial score (nSPS) is 17.5. The van der Waals surface area contributed by atoms with Crippen molar-refractivity contribution in [3.8, 4) is 5.75 Å². The molecule has 1 saturated heterocycles. The molecule has 1 fully saturated rings. The number of nitrogens with zero attached hydrogens (tertiary/aromatic N) is 4. The van der Waals surface area contributed by atoms with E-state index in [0.717, 1.165) is 42.4 Å². The van der Waals surface area contributed by atoms with E-state index >= 15 is 0 Å². The largest absolute Gasteiger partial charge is 0.494 e. The lowest BCUT2D eigenvalue weighted by molar-refractivity contribution is 0.216. The Morgan fingerprint density at radius 3 is 2.79 bits per heavy atom. The molecule has 0 spiro atoms. The highest BCUT2D eigenvalue weighted by molar-refractivity contribution is 5.99. The number of methoxy groups -OCH3 is 1. The zero-order valence-corrected chi connectivity index (χ0v) is 19.4. The Balaban J connectivity index is 1.42. The van der Waals surface area contributed by atoms with E-state index in [-0.39, 0.29) is 6.03 Å². The second kappa shape index (κ2) is 8.86. The molecular formula is C25H30N6O2. The molecule has 5 rings (SSSR count). The predicted molar refractivity (Wildman–Crippen MR) is 131 cm³/mol. The lowest BCUT2D eigenvalue weighted by Crippen LogP contribution is -2.36. The molecule has 2 aromatic carbocycles. The van der Waals surface area contributed by atoms with Crippen LogP contribution in [0.25, 0.3) is 10.9 Å². The van der Waals surface area contributed by atoms with Gasteiger partial charge in [-0.2, -0.15) is 0 Å². The van der Waals surface area contributed by atoms with Crippen LogP contribution < -0.4 is 15.4 Å². The molecule has 172 valence electrons. The van der Waals surface area contributed by atoms with Crippen LogP contribution in [0.2, 0.25) is 0 Å². The summed E-state index contributed by atoms with van der Waals surface area (Å²) in [6.45, 7) is 1.45. The summed E-state index contributed by atoms with van der Waals surface area (Å²) < 4.78 is 5.56. The zero-order chi connectivity index (χ0) is 22.9. The predicted octanol–water partition coefficient (Wildman–Crippen LogP) is 4.04. The summed E-state index contributed by atoms with van der Waals surface area (Å²) in [6.07, 6.45) is 6.00. The van der Waals surface area contributed by atoms with Gasteiger partial charge in [-0.1, -0.05) is 6.07 Å². The number of aromatic nitrogens is 2. The number of nitrogens with one attached hydrogen (secondary N) is 2. The summed E-state index contributed by atoms with van der Waals surface area (Å²) in [7, 11) is 5.70. The van der Waals surface area contributed by atoms with Gasteiger partial charge in [0.15, 0.2) is 0 Å². The number of fused-ring (bicyclic) bond motifs is 2. The molecule has 0 bridgehead atoms. The molecule has 2 heterocycles. The number of likely N-dealkylation sites (tertiary alicyclic amines) is 1. The SMILES string of the molecule is COc1cc2ncnc(Nc3ccc4c(c3)CCC4)c2cc1NC(=O)N1CC[C@@H](N(C)C)C1. The van der Waals surface area contributed by atoms with Gasteiger partial charge in [0.05, 0.1) is 18.3 Å². The van der Waals surface area contributed by atoms with Crippen LogP contribution in [0.5, 0.6) is 5.75 Å². The number of likely N-dealkylation sites (N-methyl/N-ethyl adjacent to an activating group) is 1. The Labute approximate surface area is 194 Å². The highest BCUT2D eigenvalue weighted by atomic mass is 16.5. The quantitative estimate of drug-likeness (QED) is 0.616. The van der Waals surface area contributed by atoms with E-state index in [4.69, 9.17) is 4.74 Å². The monoisotopic (exact) mass is 446 g/mol. The molecule has 8 nitrogen and oxygen atoms in total. The van der Waals surface area contributed by atoms with Crippen molar-refractivity contribution in [2.24, 2.45) is 0 Å². The molecular weight excluding hydrogens is 416 g/mol. The Morgan fingerprint density at radius 1 is 1.15 bits per heavy atom. The Kier molecular flexibility index (Phi) is 5.76. The van der Waals surface area contributed by atoms with E-state index in [1.807, 2.05) is 31.1 Å². The maximum atomic E-state index is 13.0. The van der Waals surface area contributed by atoms with Gasteiger partial charge < -0.3 is 25.2 Å². The molecule has 2 amide bonds. The molecule has 0 unspecified atom stereocenters. The van der Waals surface area contributed by atoms with Gasteiger partial charge in [-0.15, -0.1) is 0 Å². The van der Waals surface area contributed by atoms with Crippen molar-refractivity contribution in [3.05, 3.63) is 47.8 Å². The third-order valence-corrected chi connectivity index (χ3v) is 6.74. The number of carbonyl (C=O) groups is 1. The van der Waals surface area contributed by atoms with Crippen LogP contribution in [0.4, 0.5) is 22.0 Å². The van der Waals surface area contributed by atoms with E-state index < -0.39 is 0 Å². The Morgan fingerprint density at radius 2 is 2.00 bits per heavy atom. The molecule has 0 radical (unpaired) electrons. The van der Waals surface area contributed by atoms with Gasteiger partial charge in [0.1, 0.15) is 17.9 Å². The molecule has 33 heavy (non-hydrogen) atoms. The summed E-state index contributed by atoms with van der Waals surface area (Å²) >= 11 is 0. The third-order valence-electron chi connectivity index (χ3n) is 6.74. The summed E-state index contributed by atoms with van der Waals surface area (Å²) in [4.78, 5) is 25.9. The van der Waals surface area contributed by atoms with Crippen molar-refractivity contribution in [2.75, 3.05) is 44.9 Å². The fourth-order valence-electron chi connectivity index (χ4n) is 4.78. The van der Waals surface area contributed by atoms with Crippen LogP contribution in [0.1, 0.15) is 24.0 Å². The first-order valence-corrected chi connectivity index (χ1v) is 11.5. The van der Waals surface area contributed by atoms with Gasteiger partial charge in [0.2, 0.25) is 0 Å². The molecule has 8 heteroatoms. The number of urea groups is 1. The van der Waals surface area contributed by atoms with E-state index in [9.17, 15) is 4.79 Å². The minimum Gasteiger partial charge on any atom is -0.494 e. The maximum absolute atomic E-state index is 13.0. The minimum atomic E-state index is -0.123. The van der Waals surface area contributed by atoms with Crippen molar-refractivity contribution in [2.45, 2.75) is 31.7 Å². The van der Waals surface area contributed by atoms with Crippen molar-refractivity contribution in [3.63, 3.8) is 0 Å². The standard InChI is InChI=1S/C25H30N6O2/c1-30(2)19-9-10-31(14-19)25(32)29-22-12-20-21(13-23(22)33-3)26-15-27-24(20)28-18-8-7-16-5-4-6-17(16)11-18/h7-8,11-13,15,19H,4-6,9-10,14H2,1-3H3,(H,29,32)(H,26,27,28)/t19-/m1/s1. The zero-order valence-electron chi connectivity index (χ0n) is 19.4. The van der Waals surface area contributed by atoms with Gasteiger partial charge in [-0.3, -0.25) is 0 Å². The van der Waals surface area contributed by atoms with E-state index in [1.54, 1.807) is 13.4 Å². The average Bonchev–Trinajstić information content (AvgIpc) is 3.49. The van der Waals surface area contributed by atoms with Gasteiger partial charge in [0, 0.05) is 36.3 Å². The van der Waals surface area contributed by atoms with Crippen LogP contribution in [0.3, 0.4) is 0 Å². The van der Waals surface area contributed by atoms with Crippen LogP contribution in [0, 0.1) is 0 Å². The summed E-state index contributed by atoms with van der Waals surface area (Å²) in [5, 5.41) is 7.31. The van der Waals surface area contributed by atoms with Gasteiger partial charge in [-0.05, 0) is 69.1 Å². The first-order chi connectivity index (χ1) is 16.0. The molecule has 1 atom stereocenters. The topological polar surface area (TPSA) is 82.6 Å². The smallest absolute Gasteiger partial charge is 0.322 e. The summed E-state index contributed by atoms with van der Waals surface area (Å²) in [5.41, 5.74) is 5.19. The van der Waals surface area contributed by atoms with E-state index in [1.165, 1.54) is 17.5 Å². The number of ether oxygens (including phenoxy) is 1. The highest BCUT2D eigenvalue weighted by Gasteiger charge is 2.28. The van der Waals surface area contributed by atoms with Crippen LogP contribution in [0.15, 0.2) is 36.7 Å². The molecule has 1 aromatic heterocycles. The van der Waals surface area contributed by atoms with Crippen molar-refractivity contribution < 1.29 is 9.53 Å². The number of anilines is 3. The summed E-state index contributed by atoms with van der Waals surface area (Å²) in [5.74, 6) is 1.27. The van der Waals surface area contributed by atoms with Gasteiger partial charge in [0.25, 0.3) is 0 Å². The Hall–Kier alpha value is -3.39. The molecule has 3 aromatic rings. The second-order valence-corrected chi connectivity index (χ2v) is 9.04. The van der Waals surface area contributed by atoms with Gasteiger partial charge in [-0.25, -0.2) is 14.8 Å². The minimum absolute atomic E-state index is 0.123. The number of rotatable bonds is 5. The number of hydrogen-bond acceptors (Lipinski definition) is 6. The molecule has 1 aliphatic heterocycles. The molecule has 2 N–H and O–H groups in total. The lowest BCUT2D eigenvalue weighted by atomic mass is 10.1. The number of hydrogen-bond donors (Lipinski definition) is 2. The number of benzene rings is 2. The third kappa shape index (κ3) is 4.30. The van der Waals surface area contributed by atoms with Crippen molar-refractivity contribution >= 4 is 34.1 Å². The summed E-state index contributed by atoms with van der Waals surface area (Å²) in [6, 6.07) is 10.5. The van der Waals surface area contributed by atoms with Crippen LogP contribution in [-0.2, 0) is 12.8 Å². The van der Waals surface area contributed by atoms with E-state index in [0.29, 0.717) is 29.8 Å². The molecule has 1 aliphatic carbocycles. The Bertz CT molecular complexity index is 1190.